The van der Waals surface area contributed by atoms with Gasteiger partial charge in [-0.15, -0.1) is 0 Å². The fraction of sp³-hybridized carbons (Fsp3) is 0.875. The molecule has 0 aromatic rings. The second kappa shape index (κ2) is 4.45. The van der Waals surface area contributed by atoms with Crippen LogP contribution < -0.4 is 0 Å². The van der Waals surface area contributed by atoms with E-state index in [4.69, 9.17) is 5.11 Å². The first-order valence-corrected chi connectivity index (χ1v) is 3.69. The molecule has 0 heterocycles. The molecule has 3 unspecified atom stereocenters. The fourth-order valence-electron chi connectivity index (χ4n) is 0.808. The van der Waals surface area contributed by atoms with Gasteiger partial charge in [-0.3, -0.25) is 0 Å². The van der Waals surface area contributed by atoms with Crippen molar-refractivity contribution in [3.63, 3.8) is 0 Å². The molecular weight excluding hydrogens is 128 g/mol. The van der Waals surface area contributed by atoms with Crippen LogP contribution >= 0.6 is 0 Å². The summed E-state index contributed by atoms with van der Waals surface area (Å²) in [5.74, 6) is 0.560. The normalized spacial score (nSPS) is 19.6. The molecule has 0 saturated heterocycles. The zero-order chi connectivity index (χ0) is 8.15. The van der Waals surface area contributed by atoms with E-state index in [0.717, 1.165) is 6.29 Å². The molecule has 0 spiro atoms. The molecular formula is C8H16O2. The maximum Gasteiger partial charge on any atom is 0.123 e. The Kier molecular flexibility index (Phi) is 4.28. The molecule has 0 aliphatic rings. The summed E-state index contributed by atoms with van der Waals surface area (Å²) in [6.07, 6.45) is 0.941. The monoisotopic (exact) mass is 144 g/mol. The quantitative estimate of drug-likeness (QED) is 0.599. The highest BCUT2D eigenvalue weighted by molar-refractivity contribution is 5.53. The first kappa shape index (κ1) is 9.63. The van der Waals surface area contributed by atoms with Crippen molar-refractivity contribution in [1.29, 1.82) is 0 Å². The third-order valence-corrected chi connectivity index (χ3v) is 2.23. The largest absolute Gasteiger partial charge is 0.396 e. The number of hydrogen-bond acceptors (Lipinski definition) is 2. The summed E-state index contributed by atoms with van der Waals surface area (Å²) in [4.78, 5) is 10.3. The molecule has 60 valence electrons. The highest BCUT2D eigenvalue weighted by atomic mass is 16.3. The van der Waals surface area contributed by atoms with Crippen LogP contribution in [0.2, 0.25) is 0 Å². The van der Waals surface area contributed by atoms with Crippen molar-refractivity contribution in [1.82, 2.24) is 0 Å². The Hall–Kier alpha value is -0.370. The zero-order valence-electron chi connectivity index (χ0n) is 6.87. The second-order valence-corrected chi connectivity index (χ2v) is 3.01. The van der Waals surface area contributed by atoms with Crippen molar-refractivity contribution in [2.75, 3.05) is 6.61 Å². The number of aldehydes is 1. The fourth-order valence-corrected chi connectivity index (χ4v) is 0.808. The smallest absolute Gasteiger partial charge is 0.123 e. The van der Waals surface area contributed by atoms with E-state index in [0.29, 0.717) is 0 Å². The lowest BCUT2D eigenvalue weighted by Gasteiger charge is -2.19. The molecule has 0 aromatic heterocycles. The Bertz CT molecular complexity index is 101. The lowest BCUT2D eigenvalue weighted by molar-refractivity contribution is -0.112. The van der Waals surface area contributed by atoms with Gasteiger partial charge in [-0.25, -0.2) is 0 Å². The van der Waals surface area contributed by atoms with Gasteiger partial charge in [-0.05, 0) is 11.8 Å². The van der Waals surface area contributed by atoms with Gasteiger partial charge in [0.1, 0.15) is 6.29 Å². The van der Waals surface area contributed by atoms with Crippen LogP contribution in [0.15, 0.2) is 0 Å². The first-order valence-electron chi connectivity index (χ1n) is 3.69. The zero-order valence-corrected chi connectivity index (χ0v) is 6.87. The topological polar surface area (TPSA) is 37.3 Å². The third kappa shape index (κ3) is 2.48. The Morgan fingerprint density at radius 3 is 2.20 bits per heavy atom. The molecule has 0 aliphatic carbocycles. The first-order chi connectivity index (χ1) is 4.63. The minimum atomic E-state index is 0.0575. The molecule has 10 heavy (non-hydrogen) atoms. The van der Waals surface area contributed by atoms with E-state index in [2.05, 4.69) is 0 Å². The maximum absolute atomic E-state index is 10.3. The van der Waals surface area contributed by atoms with Crippen LogP contribution in [0.1, 0.15) is 20.8 Å². The van der Waals surface area contributed by atoms with Gasteiger partial charge < -0.3 is 9.90 Å². The van der Waals surface area contributed by atoms with Crippen LogP contribution in [-0.4, -0.2) is 18.0 Å². The van der Waals surface area contributed by atoms with Crippen LogP contribution in [0.3, 0.4) is 0 Å². The molecule has 2 heteroatoms. The minimum absolute atomic E-state index is 0.0575. The van der Waals surface area contributed by atoms with Gasteiger partial charge >= 0.3 is 0 Å². The van der Waals surface area contributed by atoms with E-state index < -0.39 is 0 Å². The third-order valence-electron chi connectivity index (χ3n) is 2.23. The standard InChI is InChI=1S/C8H16O2/c1-6(4-9)8(3)7(2)5-10/h4,6-8,10H,5H2,1-3H3. The van der Waals surface area contributed by atoms with Crippen molar-refractivity contribution in [2.45, 2.75) is 20.8 Å². The summed E-state index contributed by atoms with van der Waals surface area (Å²) in [6, 6.07) is 0. The van der Waals surface area contributed by atoms with Crippen molar-refractivity contribution in [2.24, 2.45) is 17.8 Å². The Morgan fingerprint density at radius 1 is 1.40 bits per heavy atom. The van der Waals surface area contributed by atoms with E-state index in [1.807, 2.05) is 20.8 Å². The molecule has 0 rings (SSSR count). The predicted octanol–water partition coefficient (Wildman–Crippen LogP) is 1.09. The molecule has 1 N–H and O–H groups in total. The van der Waals surface area contributed by atoms with E-state index in [1.165, 1.54) is 0 Å². The predicted molar refractivity (Wildman–Crippen MR) is 40.6 cm³/mol. The number of carbonyl (C=O) groups is 1. The molecule has 0 fully saturated rings. The van der Waals surface area contributed by atoms with Gasteiger partial charge in [0.05, 0.1) is 0 Å². The maximum atomic E-state index is 10.3. The molecule has 0 aliphatic heterocycles. The van der Waals surface area contributed by atoms with Crippen molar-refractivity contribution >= 4 is 6.29 Å². The van der Waals surface area contributed by atoms with E-state index in [1.54, 1.807) is 0 Å². The summed E-state index contributed by atoms with van der Waals surface area (Å²) in [5.41, 5.74) is 0. The lowest BCUT2D eigenvalue weighted by Crippen LogP contribution is -2.20. The average Bonchev–Trinajstić information content (AvgIpc) is 2.00. The Morgan fingerprint density at radius 2 is 1.90 bits per heavy atom. The van der Waals surface area contributed by atoms with E-state index in [-0.39, 0.29) is 24.4 Å². The van der Waals surface area contributed by atoms with Crippen molar-refractivity contribution < 1.29 is 9.90 Å². The van der Waals surface area contributed by atoms with Gasteiger partial charge in [-0.1, -0.05) is 20.8 Å². The number of aliphatic hydroxyl groups excluding tert-OH is 1. The molecule has 3 atom stereocenters. The summed E-state index contributed by atoms with van der Waals surface area (Å²) in [5, 5.41) is 8.73. The molecule has 0 amide bonds. The van der Waals surface area contributed by atoms with Crippen LogP contribution in [0, 0.1) is 17.8 Å². The SMILES string of the molecule is CC(C=O)C(C)C(C)CO. The highest BCUT2D eigenvalue weighted by Gasteiger charge is 2.17. The molecule has 0 saturated carbocycles. The number of aliphatic hydroxyl groups is 1. The summed E-state index contributed by atoms with van der Waals surface area (Å²) in [7, 11) is 0. The van der Waals surface area contributed by atoms with Gasteiger partial charge in [0.15, 0.2) is 0 Å². The van der Waals surface area contributed by atoms with Gasteiger partial charge in [-0.2, -0.15) is 0 Å². The number of rotatable bonds is 4. The van der Waals surface area contributed by atoms with Crippen LogP contribution in [-0.2, 0) is 4.79 Å². The number of hydrogen-bond donors (Lipinski definition) is 1. The van der Waals surface area contributed by atoms with Crippen molar-refractivity contribution in [3.05, 3.63) is 0 Å². The summed E-state index contributed by atoms with van der Waals surface area (Å²) >= 11 is 0. The Balaban J connectivity index is 3.80. The van der Waals surface area contributed by atoms with Crippen LogP contribution in [0.4, 0.5) is 0 Å². The Labute approximate surface area is 62.2 Å². The summed E-state index contributed by atoms with van der Waals surface area (Å²) < 4.78 is 0. The van der Waals surface area contributed by atoms with Gasteiger partial charge in [0.2, 0.25) is 0 Å². The minimum Gasteiger partial charge on any atom is -0.396 e. The lowest BCUT2D eigenvalue weighted by atomic mass is 9.86. The molecule has 0 radical (unpaired) electrons. The van der Waals surface area contributed by atoms with Gasteiger partial charge in [0, 0.05) is 12.5 Å². The second-order valence-electron chi connectivity index (χ2n) is 3.01. The van der Waals surface area contributed by atoms with Crippen molar-refractivity contribution in [3.8, 4) is 0 Å². The molecule has 0 bridgehead atoms. The number of carbonyl (C=O) groups excluding carboxylic acids is 1. The van der Waals surface area contributed by atoms with Crippen LogP contribution in [0.25, 0.3) is 0 Å². The molecule has 0 aromatic carbocycles. The summed E-state index contributed by atoms with van der Waals surface area (Å²) in [6.45, 7) is 5.98. The molecule has 2 nitrogen and oxygen atoms in total. The van der Waals surface area contributed by atoms with Gasteiger partial charge in [0.25, 0.3) is 0 Å². The van der Waals surface area contributed by atoms with E-state index in [9.17, 15) is 4.79 Å². The highest BCUT2D eigenvalue weighted by Crippen LogP contribution is 2.17. The average molecular weight is 144 g/mol. The van der Waals surface area contributed by atoms with Crippen LogP contribution in [0.5, 0.6) is 0 Å². The van der Waals surface area contributed by atoms with E-state index >= 15 is 0 Å².